The Labute approximate surface area is 106 Å². The second-order valence-electron chi connectivity index (χ2n) is 2.93. The van der Waals surface area contributed by atoms with Gasteiger partial charge in [-0.1, -0.05) is 11.6 Å². The third-order valence-corrected chi connectivity index (χ3v) is 2.61. The number of pyridine rings is 1. The van der Waals surface area contributed by atoms with E-state index in [1.165, 1.54) is 0 Å². The zero-order chi connectivity index (χ0) is 10.7. The van der Waals surface area contributed by atoms with Crippen molar-refractivity contribution in [2.24, 2.45) is 0 Å². The molecule has 3 nitrogen and oxygen atoms in total. The first kappa shape index (κ1) is 10.8. The summed E-state index contributed by atoms with van der Waals surface area (Å²) in [5.41, 5.74) is 0.932. The van der Waals surface area contributed by atoms with E-state index < -0.39 is 0 Å². The molecule has 0 bridgehead atoms. The molecule has 0 aliphatic carbocycles. The summed E-state index contributed by atoms with van der Waals surface area (Å²) < 4.78 is 6.30. The van der Waals surface area contributed by atoms with E-state index in [9.17, 15) is 0 Å². The molecular formula is C10H8ClIN2O. The molecule has 2 aromatic heterocycles. The van der Waals surface area contributed by atoms with Gasteiger partial charge in [-0.2, -0.15) is 0 Å². The fourth-order valence-corrected chi connectivity index (χ4v) is 1.78. The maximum atomic E-state index is 5.75. The predicted molar refractivity (Wildman–Crippen MR) is 68.0 cm³/mol. The third-order valence-electron chi connectivity index (χ3n) is 1.82. The fourth-order valence-electron chi connectivity index (χ4n) is 1.15. The molecule has 0 spiro atoms. The van der Waals surface area contributed by atoms with Crippen LogP contribution in [-0.4, -0.2) is 4.98 Å². The van der Waals surface area contributed by atoms with Gasteiger partial charge in [0.1, 0.15) is 10.9 Å². The SMILES string of the molecule is Clc1cc(NCc2ccc(I)o2)ccn1. The molecule has 1 N–H and O–H groups in total. The molecule has 0 atom stereocenters. The molecule has 0 aliphatic rings. The molecule has 15 heavy (non-hydrogen) atoms. The Morgan fingerprint density at radius 1 is 1.40 bits per heavy atom. The van der Waals surface area contributed by atoms with Gasteiger partial charge < -0.3 is 9.73 Å². The summed E-state index contributed by atoms with van der Waals surface area (Å²) in [7, 11) is 0. The Bertz CT molecular complexity index is 458. The summed E-state index contributed by atoms with van der Waals surface area (Å²) in [6, 6.07) is 7.50. The lowest BCUT2D eigenvalue weighted by Crippen LogP contribution is -1.97. The Hall–Kier alpha value is -0.750. The van der Waals surface area contributed by atoms with Crippen molar-refractivity contribution in [2.75, 3.05) is 5.32 Å². The lowest BCUT2D eigenvalue weighted by atomic mass is 10.4. The van der Waals surface area contributed by atoms with E-state index in [1.807, 2.05) is 18.2 Å². The number of aromatic nitrogens is 1. The number of anilines is 1. The van der Waals surface area contributed by atoms with E-state index in [4.69, 9.17) is 16.0 Å². The molecule has 0 saturated carbocycles. The highest BCUT2D eigenvalue weighted by atomic mass is 127. The first-order valence-corrected chi connectivity index (χ1v) is 5.79. The van der Waals surface area contributed by atoms with Crippen LogP contribution in [0.25, 0.3) is 0 Å². The average molecular weight is 335 g/mol. The van der Waals surface area contributed by atoms with Crippen molar-refractivity contribution in [1.29, 1.82) is 0 Å². The highest BCUT2D eigenvalue weighted by Gasteiger charge is 1.99. The Balaban J connectivity index is 1.99. The molecule has 78 valence electrons. The van der Waals surface area contributed by atoms with Gasteiger partial charge in [0.05, 0.1) is 6.54 Å². The number of nitrogens with one attached hydrogen (secondary N) is 1. The van der Waals surface area contributed by atoms with Gasteiger partial charge in [-0.15, -0.1) is 0 Å². The topological polar surface area (TPSA) is 38.1 Å². The second-order valence-corrected chi connectivity index (χ2v) is 4.38. The van der Waals surface area contributed by atoms with Gasteiger partial charge in [-0.25, -0.2) is 4.98 Å². The van der Waals surface area contributed by atoms with Crippen LogP contribution in [-0.2, 0) is 6.54 Å². The monoisotopic (exact) mass is 334 g/mol. The number of hydrogen-bond donors (Lipinski definition) is 1. The van der Waals surface area contributed by atoms with E-state index in [2.05, 4.69) is 32.9 Å². The molecule has 0 radical (unpaired) electrons. The van der Waals surface area contributed by atoms with Gasteiger partial charge in [-0.05, 0) is 46.9 Å². The summed E-state index contributed by atoms with van der Waals surface area (Å²) in [4.78, 5) is 3.90. The zero-order valence-corrected chi connectivity index (χ0v) is 10.6. The van der Waals surface area contributed by atoms with E-state index in [-0.39, 0.29) is 0 Å². The number of furan rings is 1. The largest absolute Gasteiger partial charge is 0.454 e. The average Bonchev–Trinajstić information content (AvgIpc) is 2.62. The summed E-state index contributed by atoms with van der Waals surface area (Å²) in [6.45, 7) is 0.642. The molecule has 2 heterocycles. The Kier molecular flexibility index (Phi) is 3.48. The third kappa shape index (κ3) is 3.10. The van der Waals surface area contributed by atoms with Crippen molar-refractivity contribution in [1.82, 2.24) is 4.98 Å². The molecular weight excluding hydrogens is 326 g/mol. The van der Waals surface area contributed by atoms with Crippen LogP contribution in [0.4, 0.5) is 5.69 Å². The van der Waals surface area contributed by atoms with Gasteiger partial charge in [0.25, 0.3) is 0 Å². The van der Waals surface area contributed by atoms with Crippen LogP contribution >= 0.6 is 34.2 Å². The van der Waals surface area contributed by atoms with E-state index in [0.717, 1.165) is 15.2 Å². The molecule has 5 heteroatoms. The van der Waals surface area contributed by atoms with Gasteiger partial charge >= 0.3 is 0 Å². The molecule has 0 amide bonds. The van der Waals surface area contributed by atoms with Crippen molar-refractivity contribution in [3.63, 3.8) is 0 Å². The molecule has 0 aromatic carbocycles. The van der Waals surface area contributed by atoms with Crippen LogP contribution in [0.3, 0.4) is 0 Å². The first-order valence-electron chi connectivity index (χ1n) is 4.34. The standard InChI is InChI=1S/C10H8ClIN2O/c11-9-5-7(3-4-13-9)14-6-8-1-2-10(12)15-8/h1-5H,6H2,(H,13,14). The highest BCUT2D eigenvalue weighted by Crippen LogP contribution is 2.15. The zero-order valence-electron chi connectivity index (χ0n) is 7.71. The van der Waals surface area contributed by atoms with E-state index in [0.29, 0.717) is 11.7 Å². The Morgan fingerprint density at radius 3 is 2.93 bits per heavy atom. The molecule has 2 aromatic rings. The number of hydrogen-bond acceptors (Lipinski definition) is 3. The number of nitrogens with zero attached hydrogens (tertiary/aromatic N) is 1. The minimum Gasteiger partial charge on any atom is -0.454 e. The quantitative estimate of drug-likeness (QED) is 0.689. The van der Waals surface area contributed by atoms with Crippen molar-refractivity contribution in [3.05, 3.63) is 45.1 Å². The number of halogens is 2. The van der Waals surface area contributed by atoms with Crippen LogP contribution in [0.15, 0.2) is 34.9 Å². The van der Waals surface area contributed by atoms with Gasteiger partial charge in [0.15, 0.2) is 3.77 Å². The fraction of sp³-hybridized carbons (Fsp3) is 0.100. The van der Waals surface area contributed by atoms with Crippen LogP contribution in [0.2, 0.25) is 5.15 Å². The van der Waals surface area contributed by atoms with Crippen molar-refractivity contribution in [3.8, 4) is 0 Å². The van der Waals surface area contributed by atoms with Crippen LogP contribution < -0.4 is 5.32 Å². The first-order chi connectivity index (χ1) is 7.24. The number of rotatable bonds is 3. The normalized spacial score (nSPS) is 10.3. The lowest BCUT2D eigenvalue weighted by molar-refractivity contribution is 0.493. The van der Waals surface area contributed by atoms with E-state index >= 15 is 0 Å². The summed E-state index contributed by atoms with van der Waals surface area (Å²) >= 11 is 7.89. The molecule has 0 saturated heterocycles. The molecule has 0 unspecified atom stereocenters. The minimum absolute atomic E-state index is 0.481. The summed E-state index contributed by atoms with van der Waals surface area (Å²) in [5, 5.41) is 3.67. The lowest BCUT2D eigenvalue weighted by Gasteiger charge is -2.03. The molecule has 0 aliphatic heterocycles. The molecule has 0 fully saturated rings. The van der Waals surface area contributed by atoms with Gasteiger partial charge in [0.2, 0.25) is 0 Å². The van der Waals surface area contributed by atoms with Gasteiger partial charge in [0, 0.05) is 11.9 Å². The van der Waals surface area contributed by atoms with Crippen molar-refractivity contribution < 1.29 is 4.42 Å². The predicted octanol–water partition coefficient (Wildman–Crippen LogP) is 3.54. The maximum absolute atomic E-state index is 5.75. The van der Waals surface area contributed by atoms with Crippen LogP contribution in [0.1, 0.15) is 5.76 Å². The second kappa shape index (κ2) is 4.85. The maximum Gasteiger partial charge on any atom is 0.164 e. The summed E-state index contributed by atoms with van der Waals surface area (Å²) in [6.07, 6.45) is 1.66. The van der Waals surface area contributed by atoms with Crippen molar-refractivity contribution in [2.45, 2.75) is 6.54 Å². The van der Waals surface area contributed by atoms with Crippen molar-refractivity contribution >= 4 is 39.9 Å². The Morgan fingerprint density at radius 2 is 2.27 bits per heavy atom. The van der Waals surface area contributed by atoms with Gasteiger partial charge in [-0.3, -0.25) is 0 Å². The summed E-state index contributed by atoms with van der Waals surface area (Å²) in [5.74, 6) is 0.896. The van der Waals surface area contributed by atoms with E-state index in [1.54, 1.807) is 12.3 Å². The van der Waals surface area contributed by atoms with Crippen LogP contribution in [0, 0.1) is 3.77 Å². The minimum atomic E-state index is 0.481. The highest BCUT2D eigenvalue weighted by molar-refractivity contribution is 14.1. The molecule has 2 rings (SSSR count). The van der Waals surface area contributed by atoms with Crippen LogP contribution in [0.5, 0.6) is 0 Å². The smallest absolute Gasteiger partial charge is 0.164 e.